The highest BCUT2D eigenvalue weighted by atomic mass is 16.4. The van der Waals surface area contributed by atoms with Gasteiger partial charge in [0, 0.05) is 25.0 Å². The minimum atomic E-state index is -0.883. The average molecular weight is 287 g/mol. The van der Waals surface area contributed by atoms with Crippen molar-refractivity contribution in [3.8, 4) is 0 Å². The largest absolute Gasteiger partial charge is 0.481 e. The van der Waals surface area contributed by atoms with Crippen LogP contribution in [-0.2, 0) is 9.59 Å². The number of nitrogens with one attached hydrogen (secondary N) is 3. The SMILES string of the molecule is CC(CCNC(=O)NCCC(=O)NC(C)(C)C)C(=O)O. The number of carbonyl (C=O) groups is 3. The van der Waals surface area contributed by atoms with Gasteiger partial charge < -0.3 is 21.1 Å². The van der Waals surface area contributed by atoms with E-state index in [4.69, 9.17) is 5.11 Å². The molecule has 0 aliphatic heterocycles. The van der Waals surface area contributed by atoms with Crippen LogP contribution in [0.3, 0.4) is 0 Å². The number of aliphatic carboxylic acids is 1. The van der Waals surface area contributed by atoms with E-state index in [1.54, 1.807) is 6.92 Å². The first-order valence-electron chi connectivity index (χ1n) is 6.67. The molecule has 0 fully saturated rings. The maximum Gasteiger partial charge on any atom is 0.314 e. The van der Waals surface area contributed by atoms with Crippen LogP contribution >= 0.6 is 0 Å². The van der Waals surface area contributed by atoms with Crippen LogP contribution in [0.1, 0.15) is 40.5 Å². The molecule has 4 N–H and O–H groups in total. The molecule has 7 heteroatoms. The van der Waals surface area contributed by atoms with Gasteiger partial charge in [0.2, 0.25) is 5.91 Å². The molecule has 20 heavy (non-hydrogen) atoms. The monoisotopic (exact) mass is 287 g/mol. The van der Waals surface area contributed by atoms with E-state index in [2.05, 4.69) is 16.0 Å². The second-order valence-corrected chi connectivity index (χ2v) is 5.76. The summed E-state index contributed by atoms with van der Waals surface area (Å²) < 4.78 is 0. The molecule has 1 unspecified atom stereocenters. The van der Waals surface area contributed by atoms with Crippen LogP contribution in [0.25, 0.3) is 0 Å². The standard InChI is InChI=1S/C13H25N3O4/c1-9(11(18)19)5-7-14-12(20)15-8-6-10(17)16-13(2,3)4/h9H,5-8H2,1-4H3,(H,16,17)(H,18,19)(H2,14,15,20). The summed E-state index contributed by atoms with van der Waals surface area (Å²) in [5.74, 6) is -1.50. The van der Waals surface area contributed by atoms with Crippen molar-refractivity contribution in [1.82, 2.24) is 16.0 Å². The third-order valence-corrected chi connectivity index (χ3v) is 2.44. The summed E-state index contributed by atoms with van der Waals surface area (Å²) in [5, 5.41) is 16.5. The van der Waals surface area contributed by atoms with E-state index < -0.39 is 17.9 Å². The fourth-order valence-electron chi connectivity index (χ4n) is 1.36. The maximum atomic E-state index is 11.5. The quantitative estimate of drug-likeness (QED) is 0.553. The predicted octanol–water partition coefficient (Wildman–Crippen LogP) is 0.701. The van der Waals surface area contributed by atoms with E-state index in [1.165, 1.54) is 0 Å². The fraction of sp³-hybridized carbons (Fsp3) is 0.769. The lowest BCUT2D eigenvalue weighted by atomic mass is 10.1. The van der Waals surface area contributed by atoms with Gasteiger partial charge in [-0.3, -0.25) is 9.59 Å². The number of amides is 3. The maximum absolute atomic E-state index is 11.5. The Morgan fingerprint density at radius 2 is 1.65 bits per heavy atom. The Morgan fingerprint density at radius 3 is 2.15 bits per heavy atom. The van der Waals surface area contributed by atoms with Crippen LogP contribution in [0.2, 0.25) is 0 Å². The van der Waals surface area contributed by atoms with E-state index in [-0.39, 0.29) is 31.0 Å². The molecule has 3 amide bonds. The van der Waals surface area contributed by atoms with Gasteiger partial charge in [0.1, 0.15) is 0 Å². The summed E-state index contributed by atoms with van der Waals surface area (Å²) >= 11 is 0. The molecule has 0 aromatic carbocycles. The van der Waals surface area contributed by atoms with Crippen molar-refractivity contribution in [2.24, 2.45) is 5.92 Å². The minimum Gasteiger partial charge on any atom is -0.481 e. The number of hydrogen-bond acceptors (Lipinski definition) is 3. The Kier molecular flexibility index (Phi) is 7.64. The van der Waals surface area contributed by atoms with Gasteiger partial charge in [-0.1, -0.05) is 6.92 Å². The van der Waals surface area contributed by atoms with Crippen LogP contribution in [0, 0.1) is 5.92 Å². The molecule has 0 heterocycles. The smallest absolute Gasteiger partial charge is 0.314 e. The van der Waals surface area contributed by atoms with E-state index in [1.807, 2.05) is 20.8 Å². The van der Waals surface area contributed by atoms with Crippen molar-refractivity contribution in [3.63, 3.8) is 0 Å². The molecular formula is C13H25N3O4. The zero-order chi connectivity index (χ0) is 15.8. The predicted molar refractivity (Wildman–Crippen MR) is 75.3 cm³/mol. The van der Waals surface area contributed by atoms with Crippen LogP contribution < -0.4 is 16.0 Å². The summed E-state index contributed by atoms with van der Waals surface area (Å²) in [6, 6.07) is -0.397. The molecule has 0 aromatic rings. The van der Waals surface area contributed by atoms with Crippen molar-refractivity contribution in [3.05, 3.63) is 0 Å². The molecule has 0 saturated heterocycles. The highest BCUT2D eigenvalue weighted by molar-refractivity contribution is 5.78. The Balaban J connectivity index is 3.69. The number of urea groups is 1. The summed E-state index contributed by atoms with van der Waals surface area (Å²) in [7, 11) is 0. The van der Waals surface area contributed by atoms with Crippen molar-refractivity contribution >= 4 is 17.9 Å². The van der Waals surface area contributed by atoms with Crippen LogP contribution in [-0.4, -0.2) is 41.6 Å². The summed E-state index contributed by atoms with van der Waals surface area (Å²) in [6.45, 7) is 7.76. The van der Waals surface area contributed by atoms with E-state index in [0.717, 1.165) is 0 Å². The minimum absolute atomic E-state index is 0.128. The van der Waals surface area contributed by atoms with Gasteiger partial charge in [-0.25, -0.2) is 4.79 Å². The van der Waals surface area contributed by atoms with Gasteiger partial charge in [0.25, 0.3) is 0 Å². The molecule has 0 spiro atoms. The molecule has 1 atom stereocenters. The first-order valence-corrected chi connectivity index (χ1v) is 6.67. The lowest BCUT2D eigenvalue weighted by Gasteiger charge is -2.20. The number of carboxylic acids is 1. The molecule has 0 aromatic heterocycles. The Hall–Kier alpha value is -1.79. The highest BCUT2D eigenvalue weighted by Gasteiger charge is 2.14. The fourth-order valence-corrected chi connectivity index (χ4v) is 1.36. The lowest BCUT2D eigenvalue weighted by molar-refractivity contribution is -0.141. The number of rotatable bonds is 7. The van der Waals surface area contributed by atoms with Crippen LogP contribution in [0.15, 0.2) is 0 Å². The zero-order valence-corrected chi connectivity index (χ0v) is 12.6. The van der Waals surface area contributed by atoms with Crippen LogP contribution in [0.4, 0.5) is 4.79 Å². The first kappa shape index (κ1) is 18.2. The highest BCUT2D eigenvalue weighted by Crippen LogP contribution is 1.99. The van der Waals surface area contributed by atoms with Crippen molar-refractivity contribution in [1.29, 1.82) is 0 Å². The van der Waals surface area contributed by atoms with E-state index in [9.17, 15) is 14.4 Å². The number of carboxylic acid groups (broad SMARTS) is 1. The molecule has 0 saturated carbocycles. The molecule has 0 aliphatic carbocycles. The number of carbonyl (C=O) groups excluding carboxylic acids is 2. The average Bonchev–Trinajstić information content (AvgIpc) is 2.26. The van der Waals surface area contributed by atoms with Gasteiger partial charge >= 0.3 is 12.0 Å². The molecule has 0 rings (SSSR count). The van der Waals surface area contributed by atoms with Crippen LogP contribution in [0.5, 0.6) is 0 Å². The zero-order valence-electron chi connectivity index (χ0n) is 12.6. The second kappa shape index (κ2) is 8.39. The Morgan fingerprint density at radius 1 is 1.10 bits per heavy atom. The van der Waals surface area contributed by atoms with Gasteiger partial charge in [0.05, 0.1) is 5.92 Å². The molecule has 0 bridgehead atoms. The summed E-state index contributed by atoms with van der Waals surface area (Å²) in [5.41, 5.74) is -0.285. The Bertz CT molecular complexity index is 350. The second-order valence-electron chi connectivity index (χ2n) is 5.76. The topological polar surface area (TPSA) is 108 Å². The molecular weight excluding hydrogens is 262 g/mol. The lowest BCUT2D eigenvalue weighted by Crippen LogP contribution is -2.43. The molecule has 116 valence electrons. The van der Waals surface area contributed by atoms with Crippen molar-refractivity contribution in [2.75, 3.05) is 13.1 Å². The molecule has 0 aliphatic rings. The van der Waals surface area contributed by atoms with Crippen molar-refractivity contribution in [2.45, 2.75) is 46.1 Å². The van der Waals surface area contributed by atoms with Crippen molar-refractivity contribution < 1.29 is 19.5 Å². The normalized spacial score (nSPS) is 12.4. The van der Waals surface area contributed by atoms with E-state index in [0.29, 0.717) is 6.42 Å². The van der Waals surface area contributed by atoms with Gasteiger partial charge in [-0.2, -0.15) is 0 Å². The first-order chi connectivity index (χ1) is 9.11. The summed E-state index contributed by atoms with van der Waals surface area (Å²) in [6.07, 6.45) is 0.573. The van der Waals surface area contributed by atoms with Gasteiger partial charge in [-0.15, -0.1) is 0 Å². The molecule has 0 radical (unpaired) electrons. The Labute approximate surface area is 119 Å². The third-order valence-electron chi connectivity index (χ3n) is 2.44. The molecule has 7 nitrogen and oxygen atoms in total. The van der Waals surface area contributed by atoms with E-state index >= 15 is 0 Å². The number of hydrogen-bond donors (Lipinski definition) is 4. The van der Waals surface area contributed by atoms with Gasteiger partial charge in [-0.05, 0) is 27.2 Å². The van der Waals surface area contributed by atoms with Gasteiger partial charge in [0.15, 0.2) is 0 Å². The third kappa shape index (κ3) is 10.2. The summed E-state index contributed by atoms with van der Waals surface area (Å²) in [4.78, 5) is 33.4.